The van der Waals surface area contributed by atoms with Crippen LogP contribution in [-0.4, -0.2) is 12.1 Å². The van der Waals surface area contributed by atoms with E-state index in [0.717, 1.165) is 12.8 Å². The smallest absolute Gasteiger partial charge is 0.676 e. The second-order valence-corrected chi connectivity index (χ2v) is 2.50. The molecule has 0 aliphatic heterocycles. The van der Waals surface area contributed by atoms with Gasteiger partial charge in [-0.15, -0.1) is 0 Å². The standard InChI is InChI=1S/C6H12N2.Pt/c7-5-3-1-2-4-6(5)8;/h5-8H,1-4H2;/q-2;+2/t5-,6-;/m1./s1. The van der Waals surface area contributed by atoms with E-state index in [1.165, 1.54) is 12.8 Å². The molecule has 0 aromatic heterocycles. The van der Waals surface area contributed by atoms with E-state index in [9.17, 15) is 0 Å². The van der Waals surface area contributed by atoms with Gasteiger partial charge in [-0.05, 0) is 0 Å². The molecule has 0 aromatic carbocycles. The van der Waals surface area contributed by atoms with Crippen molar-refractivity contribution in [3.63, 3.8) is 0 Å². The van der Waals surface area contributed by atoms with Gasteiger partial charge in [-0.1, -0.05) is 25.7 Å². The van der Waals surface area contributed by atoms with Crippen LogP contribution in [0.25, 0.3) is 11.5 Å². The van der Waals surface area contributed by atoms with E-state index in [-0.39, 0.29) is 33.1 Å². The van der Waals surface area contributed by atoms with E-state index in [1.54, 1.807) is 0 Å². The van der Waals surface area contributed by atoms with Crippen LogP contribution in [0.15, 0.2) is 0 Å². The first-order valence-corrected chi connectivity index (χ1v) is 3.23. The molecule has 9 heavy (non-hydrogen) atoms. The predicted octanol–water partition coefficient (Wildman–Crippen LogP) is 2.40. The molecule has 1 aliphatic rings. The van der Waals surface area contributed by atoms with Crippen LogP contribution in [0.4, 0.5) is 0 Å². The van der Waals surface area contributed by atoms with Gasteiger partial charge in [0.25, 0.3) is 0 Å². The molecule has 1 rings (SSSR count). The average molecular weight is 307 g/mol. The van der Waals surface area contributed by atoms with E-state index in [0.29, 0.717) is 0 Å². The Labute approximate surface area is 70.6 Å². The normalized spacial score (nSPS) is 35.3. The van der Waals surface area contributed by atoms with Gasteiger partial charge in [0.15, 0.2) is 0 Å². The molecule has 0 unspecified atom stereocenters. The fourth-order valence-corrected chi connectivity index (χ4v) is 1.13. The fourth-order valence-electron chi connectivity index (χ4n) is 1.13. The van der Waals surface area contributed by atoms with Crippen molar-refractivity contribution in [1.82, 2.24) is 0 Å². The van der Waals surface area contributed by atoms with Crippen molar-refractivity contribution in [1.29, 1.82) is 0 Å². The Bertz CT molecular complexity index is 67.5. The van der Waals surface area contributed by atoms with Crippen molar-refractivity contribution in [2.24, 2.45) is 0 Å². The van der Waals surface area contributed by atoms with Crippen LogP contribution in [0, 0.1) is 0 Å². The molecule has 1 saturated carbocycles. The zero-order valence-corrected chi connectivity index (χ0v) is 7.57. The van der Waals surface area contributed by atoms with E-state index >= 15 is 0 Å². The van der Waals surface area contributed by atoms with Gasteiger partial charge < -0.3 is 11.5 Å². The topological polar surface area (TPSA) is 47.6 Å². The minimum absolute atomic E-state index is 0. The van der Waals surface area contributed by atoms with Crippen LogP contribution < -0.4 is 0 Å². The van der Waals surface area contributed by atoms with Crippen LogP contribution in [0.3, 0.4) is 0 Å². The van der Waals surface area contributed by atoms with Gasteiger partial charge in [-0.3, -0.25) is 0 Å². The quantitative estimate of drug-likeness (QED) is 0.660. The third-order valence-electron chi connectivity index (χ3n) is 1.77. The van der Waals surface area contributed by atoms with Gasteiger partial charge in [-0.2, -0.15) is 12.1 Å². The first-order chi connectivity index (χ1) is 3.80. The van der Waals surface area contributed by atoms with Crippen molar-refractivity contribution in [2.45, 2.75) is 37.8 Å². The summed E-state index contributed by atoms with van der Waals surface area (Å²) in [6.07, 6.45) is 4.25. The molecular formula is C6H12N2Pt. The Balaban J connectivity index is 0.000000640. The summed E-state index contributed by atoms with van der Waals surface area (Å²) < 4.78 is 0. The van der Waals surface area contributed by atoms with Crippen molar-refractivity contribution >= 4 is 0 Å². The molecule has 0 spiro atoms. The predicted molar refractivity (Wildman–Crippen MR) is 34.7 cm³/mol. The minimum atomic E-state index is -0.0799. The number of rotatable bonds is 0. The zero-order valence-electron chi connectivity index (χ0n) is 5.30. The van der Waals surface area contributed by atoms with Crippen molar-refractivity contribution in [2.75, 3.05) is 0 Å². The minimum Gasteiger partial charge on any atom is -0.676 e. The summed E-state index contributed by atoms with van der Waals surface area (Å²) in [5.74, 6) is 0. The summed E-state index contributed by atoms with van der Waals surface area (Å²) in [5.41, 5.74) is 14.6. The van der Waals surface area contributed by atoms with E-state index < -0.39 is 0 Å². The van der Waals surface area contributed by atoms with Crippen molar-refractivity contribution in [3.05, 3.63) is 11.5 Å². The monoisotopic (exact) mass is 307 g/mol. The zero-order chi connectivity index (χ0) is 5.98. The van der Waals surface area contributed by atoms with E-state index in [4.69, 9.17) is 11.5 Å². The SMILES string of the molecule is [NH-][C@@H]1CCCC[C@H]1[NH-].[Pt+2]. The summed E-state index contributed by atoms with van der Waals surface area (Å²) in [6.45, 7) is 0. The molecule has 0 saturated heterocycles. The van der Waals surface area contributed by atoms with Crippen LogP contribution in [-0.2, 0) is 21.1 Å². The molecule has 2 atom stereocenters. The summed E-state index contributed by atoms with van der Waals surface area (Å²) in [4.78, 5) is 0. The number of hydrogen-bond donors (Lipinski definition) is 0. The molecule has 0 heterocycles. The van der Waals surface area contributed by atoms with Gasteiger partial charge in [-0.25, -0.2) is 0 Å². The first-order valence-electron chi connectivity index (χ1n) is 3.23. The van der Waals surface area contributed by atoms with Gasteiger partial charge in [0.2, 0.25) is 0 Å². The Morgan fingerprint density at radius 2 is 1.22 bits per heavy atom. The Morgan fingerprint density at radius 3 is 1.44 bits per heavy atom. The second-order valence-electron chi connectivity index (χ2n) is 2.50. The van der Waals surface area contributed by atoms with Gasteiger partial charge >= 0.3 is 21.1 Å². The van der Waals surface area contributed by atoms with Gasteiger partial charge in [0.05, 0.1) is 0 Å². The summed E-state index contributed by atoms with van der Waals surface area (Å²) in [6, 6.07) is -0.160. The number of nitrogens with one attached hydrogen (secondary N) is 2. The molecular weight excluding hydrogens is 295 g/mol. The Kier molecular flexibility index (Phi) is 4.73. The third-order valence-corrected chi connectivity index (χ3v) is 1.77. The molecule has 1 fully saturated rings. The summed E-state index contributed by atoms with van der Waals surface area (Å²) in [5, 5.41) is 0. The van der Waals surface area contributed by atoms with Gasteiger partial charge in [0.1, 0.15) is 0 Å². The summed E-state index contributed by atoms with van der Waals surface area (Å²) in [7, 11) is 0. The molecule has 0 amide bonds. The summed E-state index contributed by atoms with van der Waals surface area (Å²) >= 11 is 0. The van der Waals surface area contributed by atoms with E-state index in [1.807, 2.05) is 0 Å². The third kappa shape index (κ3) is 2.79. The maximum absolute atomic E-state index is 7.29. The molecule has 56 valence electrons. The second kappa shape index (κ2) is 4.43. The molecule has 2 nitrogen and oxygen atoms in total. The average Bonchev–Trinajstić information content (AvgIpc) is 1.77. The van der Waals surface area contributed by atoms with Crippen LogP contribution in [0.5, 0.6) is 0 Å². The maximum Gasteiger partial charge on any atom is 2.00 e. The van der Waals surface area contributed by atoms with Crippen molar-refractivity contribution < 1.29 is 21.1 Å². The van der Waals surface area contributed by atoms with E-state index in [2.05, 4.69) is 0 Å². The molecule has 2 N–H and O–H groups in total. The maximum atomic E-state index is 7.29. The molecule has 0 bridgehead atoms. The van der Waals surface area contributed by atoms with Crippen LogP contribution in [0.1, 0.15) is 25.7 Å². The Hall–Kier alpha value is 0.608. The largest absolute Gasteiger partial charge is 2.00 e. The number of hydrogen-bond acceptors (Lipinski definition) is 0. The molecule has 0 aromatic rings. The molecule has 1 aliphatic carbocycles. The van der Waals surface area contributed by atoms with Crippen LogP contribution in [0.2, 0.25) is 0 Å². The first kappa shape index (κ1) is 9.61. The van der Waals surface area contributed by atoms with Crippen molar-refractivity contribution in [3.8, 4) is 0 Å². The van der Waals surface area contributed by atoms with Crippen LogP contribution >= 0.6 is 0 Å². The Morgan fingerprint density at radius 1 is 0.889 bits per heavy atom. The molecule has 0 radical (unpaired) electrons. The fraction of sp³-hybridized carbons (Fsp3) is 1.00. The molecule has 3 heteroatoms. The van der Waals surface area contributed by atoms with Gasteiger partial charge in [0, 0.05) is 0 Å².